The summed E-state index contributed by atoms with van der Waals surface area (Å²) in [7, 11) is 2.09. The van der Waals surface area contributed by atoms with Crippen molar-refractivity contribution >= 4 is 11.6 Å². The Bertz CT molecular complexity index is 475. The van der Waals surface area contributed by atoms with Crippen LogP contribution in [0.5, 0.6) is 0 Å². The number of nitrogens with one attached hydrogen (secondary N) is 1. The number of nitrogen functional groups attached to an aromatic ring is 1. The third-order valence-corrected chi connectivity index (χ3v) is 3.72. The lowest BCUT2D eigenvalue weighted by Gasteiger charge is -2.38. The number of carbonyl (C=O) groups excluding carboxylic acids is 1. The van der Waals surface area contributed by atoms with Crippen LogP contribution in [-0.4, -0.2) is 48.4 Å². The first-order valence-electron chi connectivity index (χ1n) is 6.59. The number of hydrazine groups is 1. The monoisotopic (exact) mass is 262 g/mol. The van der Waals surface area contributed by atoms with Crippen molar-refractivity contribution in [2.75, 3.05) is 32.1 Å². The SMILES string of the molecule is Cc1cc(C(=O)N2CCN(C)CC2C)ccc1NN. The van der Waals surface area contributed by atoms with Crippen LogP contribution in [0.3, 0.4) is 0 Å². The van der Waals surface area contributed by atoms with Crippen molar-refractivity contribution in [3.63, 3.8) is 0 Å². The number of nitrogens with two attached hydrogens (primary N) is 1. The van der Waals surface area contributed by atoms with Gasteiger partial charge in [-0.2, -0.15) is 0 Å². The molecule has 1 atom stereocenters. The summed E-state index contributed by atoms with van der Waals surface area (Å²) in [5.74, 6) is 5.51. The van der Waals surface area contributed by atoms with E-state index in [1.807, 2.05) is 30.0 Å². The molecule has 1 amide bonds. The largest absolute Gasteiger partial charge is 0.333 e. The Hall–Kier alpha value is -1.59. The van der Waals surface area contributed by atoms with Gasteiger partial charge in [0.15, 0.2) is 0 Å². The summed E-state index contributed by atoms with van der Waals surface area (Å²) in [4.78, 5) is 16.7. The van der Waals surface area contributed by atoms with Gasteiger partial charge >= 0.3 is 0 Å². The lowest BCUT2D eigenvalue weighted by molar-refractivity contribution is 0.0533. The highest BCUT2D eigenvalue weighted by atomic mass is 16.2. The highest BCUT2D eigenvalue weighted by Crippen LogP contribution is 2.18. The van der Waals surface area contributed by atoms with E-state index in [0.29, 0.717) is 0 Å². The number of hydrogen-bond donors (Lipinski definition) is 2. The minimum atomic E-state index is 0.104. The zero-order valence-corrected chi connectivity index (χ0v) is 11.8. The van der Waals surface area contributed by atoms with Gasteiger partial charge in [-0.1, -0.05) is 0 Å². The van der Waals surface area contributed by atoms with Gasteiger partial charge in [-0.3, -0.25) is 10.6 Å². The highest BCUT2D eigenvalue weighted by molar-refractivity contribution is 5.95. The van der Waals surface area contributed by atoms with Gasteiger partial charge in [0.2, 0.25) is 0 Å². The molecule has 0 radical (unpaired) electrons. The molecule has 1 heterocycles. The minimum absolute atomic E-state index is 0.104. The van der Waals surface area contributed by atoms with E-state index in [9.17, 15) is 4.79 Å². The molecule has 1 aliphatic rings. The van der Waals surface area contributed by atoms with Crippen molar-refractivity contribution in [3.8, 4) is 0 Å². The number of aryl methyl sites for hydroxylation is 1. The molecule has 19 heavy (non-hydrogen) atoms. The van der Waals surface area contributed by atoms with Gasteiger partial charge in [-0.25, -0.2) is 0 Å². The Balaban J connectivity index is 2.17. The number of nitrogens with zero attached hydrogens (tertiary/aromatic N) is 2. The average Bonchev–Trinajstić information content (AvgIpc) is 2.38. The number of piperazine rings is 1. The molecular formula is C14H22N4O. The Morgan fingerprint density at radius 2 is 2.16 bits per heavy atom. The third-order valence-electron chi connectivity index (χ3n) is 3.72. The molecule has 0 bridgehead atoms. The number of anilines is 1. The first kappa shape index (κ1) is 13.8. The number of hydrogen-bond acceptors (Lipinski definition) is 4. The lowest BCUT2D eigenvalue weighted by atomic mass is 10.1. The smallest absolute Gasteiger partial charge is 0.254 e. The summed E-state index contributed by atoms with van der Waals surface area (Å²) >= 11 is 0. The number of carbonyl (C=O) groups is 1. The van der Waals surface area contributed by atoms with E-state index < -0.39 is 0 Å². The number of benzene rings is 1. The van der Waals surface area contributed by atoms with Crippen LogP contribution in [0.2, 0.25) is 0 Å². The third kappa shape index (κ3) is 2.88. The lowest BCUT2D eigenvalue weighted by Crippen LogP contribution is -2.52. The molecule has 1 unspecified atom stereocenters. The van der Waals surface area contributed by atoms with Gasteiger partial charge < -0.3 is 15.2 Å². The zero-order valence-electron chi connectivity index (χ0n) is 11.8. The Morgan fingerprint density at radius 3 is 2.74 bits per heavy atom. The first-order chi connectivity index (χ1) is 9.02. The van der Waals surface area contributed by atoms with Crippen molar-refractivity contribution in [2.24, 2.45) is 5.84 Å². The molecule has 0 aliphatic carbocycles. The number of likely N-dealkylation sites (N-methyl/N-ethyl adjacent to an activating group) is 1. The average molecular weight is 262 g/mol. The summed E-state index contributed by atoms with van der Waals surface area (Å²) in [5, 5.41) is 0. The molecule has 0 aromatic heterocycles. The van der Waals surface area contributed by atoms with Crippen LogP contribution in [0.15, 0.2) is 18.2 Å². The van der Waals surface area contributed by atoms with E-state index in [1.165, 1.54) is 0 Å². The Labute approximate surface area is 114 Å². The van der Waals surface area contributed by atoms with Crippen LogP contribution in [0.25, 0.3) is 0 Å². The molecule has 1 fully saturated rings. The van der Waals surface area contributed by atoms with Crippen LogP contribution < -0.4 is 11.3 Å². The highest BCUT2D eigenvalue weighted by Gasteiger charge is 2.26. The molecule has 2 rings (SSSR count). The Kier molecular flexibility index (Phi) is 4.07. The normalized spacial score (nSPS) is 20.4. The van der Waals surface area contributed by atoms with Crippen molar-refractivity contribution in [1.29, 1.82) is 0 Å². The molecule has 104 valence electrons. The van der Waals surface area contributed by atoms with Crippen molar-refractivity contribution in [3.05, 3.63) is 29.3 Å². The van der Waals surface area contributed by atoms with Crippen molar-refractivity contribution < 1.29 is 4.79 Å². The number of amides is 1. The van der Waals surface area contributed by atoms with Crippen LogP contribution in [0.4, 0.5) is 5.69 Å². The molecule has 1 aliphatic heterocycles. The van der Waals surface area contributed by atoms with E-state index in [2.05, 4.69) is 24.3 Å². The maximum atomic E-state index is 12.5. The predicted octanol–water partition coefficient (Wildman–Crippen LogP) is 1.06. The van der Waals surface area contributed by atoms with Crippen LogP contribution in [0, 0.1) is 6.92 Å². The standard InChI is InChI=1S/C14H22N4O/c1-10-8-12(4-5-13(10)16-15)14(19)18-7-6-17(3)9-11(18)2/h4-5,8,11,16H,6-7,9,15H2,1-3H3. The van der Waals surface area contributed by atoms with E-state index in [-0.39, 0.29) is 11.9 Å². The van der Waals surface area contributed by atoms with Crippen LogP contribution in [0.1, 0.15) is 22.8 Å². The van der Waals surface area contributed by atoms with Gasteiger partial charge in [0, 0.05) is 31.2 Å². The summed E-state index contributed by atoms with van der Waals surface area (Å²) in [6, 6.07) is 5.82. The molecule has 3 N–H and O–H groups in total. The second-order valence-electron chi connectivity index (χ2n) is 5.28. The van der Waals surface area contributed by atoms with Crippen LogP contribution >= 0.6 is 0 Å². The van der Waals surface area contributed by atoms with E-state index in [4.69, 9.17) is 5.84 Å². The van der Waals surface area contributed by atoms with Gasteiger partial charge in [0.1, 0.15) is 0 Å². The van der Waals surface area contributed by atoms with Crippen molar-refractivity contribution in [2.45, 2.75) is 19.9 Å². The molecule has 1 aromatic rings. The van der Waals surface area contributed by atoms with E-state index in [1.54, 1.807) is 0 Å². The fourth-order valence-corrected chi connectivity index (χ4v) is 2.57. The molecule has 5 heteroatoms. The Morgan fingerprint density at radius 1 is 1.42 bits per heavy atom. The second-order valence-corrected chi connectivity index (χ2v) is 5.28. The first-order valence-corrected chi connectivity index (χ1v) is 6.59. The molecule has 5 nitrogen and oxygen atoms in total. The topological polar surface area (TPSA) is 61.6 Å². The fourth-order valence-electron chi connectivity index (χ4n) is 2.57. The van der Waals surface area contributed by atoms with Crippen molar-refractivity contribution in [1.82, 2.24) is 9.80 Å². The molecular weight excluding hydrogens is 240 g/mol. The van der Waals surface area contributed by atoms with E-state index >= 15 is 0 Å². The summed E-state index contributed by atoms with van der Waals surface area (Å²) in [5.41, 5.74) is 5.19. The molecule has 1 saturated heterocycles. The zero-order chi connectivity index (χ0) is 14.0. The molecule has 1 aromatic carbocycles. The maximum absolute atomic E-state index is 12.5. The summed E-state index contributed by atoms with van der Waals surface area (Å²) in [6.45, 7) is 6.67. The summed E-state index contributed by atoms with van der Waals surface area (Å²) in [6.07, 6.45) is 0. The van der Waals surface area contributed by atoms with Gasteiger partial charge in [0.05, 0.1) is 5.69 Å². The van der Waals surface area contributed by atoms with E-state index in [0.717, 1.165) is 36.4 Å². The minimum Gasteiger partial charge on any atom is -0.333 e. The number of rotatable bonds is 2. The summed E-state index contributed by atoms with van der Waals surface area (Å²) < 4.78 is 0. The predicted molar refractivity (Wildman–Crippen MR) is 77.0 cm³/mol. The quantitative estimate of drug-likeness (QED) is 0.618. The molecule has 0 saturated carbocycles. The van der Waals surface area contributed by atoms with Gasteiger partial charge in [-0.05, 0) is 44.7 Å². The molecule has 0 spiro atoms. The second kappa shape index (κ2) is 5.59. The van der Waals surface area contributed by atoms with Gasteiger partial charge in [-0.15, -0.1) is 0 Å². The van der Waals surface area contributed by atoms with Crippen LogP contribution in [-0.2, 0) is 0 Å². The maximum Gasteiger partial charge on any atom is 0.254 e. The van der Waals surface area contributed by atoms with Gasteiger partial charge in [0.25, 0.3) is 5.91 Å². The fraction of sp³-hybridized carbons (Fsp3) is 0.500.